The second-order valence-electron chi connectivity index (χ2n) is 6.97. The van der Waals surface area contributed by atoms with Crippen molar-refractivity contribution in [2.45, 2.75) is 25.0 Å². The zero-order valence-corrected chi connectivity index (χ0v) is 14.7. The van der Waals surface area contributed by atoms with Crippen LogP contribution in [0.5, 0.6) is 0 Å². The third-order valence-corrected chi connectivity index (χ3v) is 5.32. The van der Waals surface area contributed by atoms with Gasteiger partial charge in [0, 0.05) is 31.8 Å². The van der Waals surface area contributed by atoms with E-state index in [1.54, 1.807) is 24.7 Å². The summed E-state index contributed by atoms with van der Waals surface area (Å²) in [4.78, 5) is 22.5. The predicted molar refractivity (Wildman–Crippen MR) is 95.4 cm³/mol. The lowest BCUT2D eigenvalue weighted by Crippen LogP contribution is -2.66. The Kier molecular flexibility index (Phi) is 4.95. The Bertz CT molecular complexity index is 732. The quantitative estimate of drug-likeness (QED) is 0.746. The van der Waals surface area contributed by atoms with Gasteiger partial charge in [-0.05, 0) is 48.6 Å². The van der Waals surface area contributed by atoms with Gasteiger partial charge in [0.2, 0.25) is 0 Å². The molecule has 4 rings (SSSR count). The normalized spacial score (nSPS) is 20.9. The van der Waals surface area contributed by atoms with Crippen LogP contribution in [0.1, 0.15) is 28.9 Å². The first-order valence-electron chi connectivity index (χ1n) is 9.08. The second-order valence-corrected chi connectivity index (χ2v) is 6.97. The summed E-state index contributed by atoms with van der Waals surface area (Å²) in [6.45, 7) is 3.37. The Morgan fingerprint density at radius 2 is 2.08 bits per heavy atom. The molecule has 0 saturated carbocycles. The highest BCUT2D eigenvalue weighted by Crippen LogP contribution is 2.42. The van der Waals surface area contributed by atoms with E-state index in [9.17, 15) is 4.79 Å². The van der Waals surface area contributed by atoms with Gasteiger partial charge in [-0.15, -0.1) is 0 Å². The summed E-state index contributed by atoms with van der Waals surface area (Å²) in [6.07, 6.45) is 7.19. The standard InChI is InChI=1S/C20H23N3O3/c24-19(18-3-1-2-8-22-18)23-14-20(15-23)17(7-12-26-20)6-11-25-13-16-4-9-21-10-5-16/h1-5,8-10,17H,6-7,11-15H2. The van der Waals surface area contributed by atoms with Gasteiger partial charge in [0.1, 0.15) is 11.3 Å². The molecule has 136 valence electrons. The van der Waals surface area contributed by atoms with E-state index in [0.717, 1.165) is 25.0 Å². The van der Waals surface area contributed by atoms with Crippen molar-refractivity contribution in [1.82, 2.24) is 14.9 Å². The van der Waals surface area contributed by atoms with Gasteiger partial charge in [-0.1, -0.05) is 6.07 Å². The van der Waals surface area contributed by atoms with Crippen molar-refractivity contribution in [2.75, 3.05) is 26.3 Å². The lowest BCUT2D eigenvalue weighted by Gasteiger charge is -2.50. The summed E-state index contributed by atoms with van der Waals surface area (Å²) in [5.74, 6) is 0.423. The highest BCUT2D eigenvalue weighted by atomic mass is 16.5. The van der Waals surface area contributed by atoms with Crippen molar-refractivity contribution in [2.24, 2.45) is 5.92 Å². The number of hydrogen-bond acceptors (Lipinski definition) is 5. The molecule has 0 radical (unpaired) electrons. The van der Waals surface area contributed by atoms with Crippen molar-refractivity contribution in [3.63, 3.8) is 0 Å². The van der Waals surface area contributed by atoms with Crippen LogP contribution in [0.25, 0.3) is 0 Å². The number of pyridine rings is 2. The number of likely N-dealkylation sites (tertiary alicyclic amines) is 1. The van der Waals surface area contributed by atoms with Crippen molar-refractivity contribution in [3.05, 3.63) is 60.2 Å². The lowest BCUT2D eigenvalue weighted by atomic mass is 9.79. The fraction of sp³-hybridized carbons (Fsp3) is 0.450. The fourth-order valence-corrected chi connectivity index (χ4v) is 3.83. The number of amides is 1. The molecule has 2 fully saturated rings. The molecule has 4 heterocycles. The van der Waals surface area contributed by atoms with E-state index in [1.165, 1.54) is 0 Å². The van der Waals surface area contributed by atoms with Gasteiger partial charge in [-0.2, -0.15) is 0 Å². The lowest BCUT2D eigenvalue weighted by molar-refractivity contribution is -0.120. The molecule has 2 aliphatic rings. The number of carbonyl (C=O) groups excluding carboxylic acids is 1. The van der Waals surface area contributed by atoms with Crippen LogP contribution in [-0.2, 0) is 16.1 Å². The number of ether oxygens (including phenoxy) is 2. The van der Waals surface area contributed by atoms with Gasteiger partial charge >= 0.3 is 0 Å². The molecule has 6 heteroatoms. The van der Waals surface area contributed by atoms with Crippen LogP contribution in [0.3, 0.4) is 0 Å². The molecule has 26 heavy (non-hydrogen) atoms. The van der Waals surface area contributed by atoms with E-state index >= 15 is 0 Å². The molecule has 1 unspecified atom stereocenters. The Hall–Kier alpha value is -2.31. The third-order valence-electron chi connectivity index (χ3n) is 5.32. The minimum absolute atomic E-state index is 0.0144. The Morgan fingerprint density at radius 1 is 1.23 bits per heavy atom. The van der Waals surface area contributed by atoms with Gasteiger partial charge in [0.15, 0.2) is 0 Å². The van der Waals surface area contributed by atoms with Crippen LogP contribution in [0.15, 0.2) is 48.9 Å². The third kappa shape index (κ3) is 3.48. The summed E-state index contributed by atoms with van der Waals surface area (Å²) in [7, 11) is 0. The Balaban J connectivity index is 1.26. The summed E-state index contributed by atoms with van der Waals surface area (Å²) in [5, 5.41) is 0. The summed E-state index contributed by atoms with van der Waals surface area (Å²) in [6, 6.07) is 9.34. The molecule has 1 atom stereocenters. The van der Waals surface area contributed by atoms with Crippen LogP contribution in [0, 0.1) is 5.92 Å². The van der Waals surface area contributed by atoms with Crippen LogP contribution in [-0.4, -0.2) is 52.7 Å². The monoisotopic (exact) mass is 353 g/mol. The van der Waals surface area contributed by atoms with Gasteiger partial charge in [0.05, 0.1) is 19.7 Å². The average Bonchev–Trinajstić information content (AvgIpc) is 3.09. The maximum Gasteiger partial charge on any atom is 0.272 e. The SMILES string of the molecule is O=C(c1ccccn1)N1CC2(C1)OCCC2CCOCc1ccncc1. The number of aromatic nitrogens is 2. The molecule has 6 nitrogen and oxygen atoms in total. The molecule has 2 aromatic rings. The highest BCUT2D eigenvalue weighted by Gasteiger charge is 2.54. The van der Waals surface area contributed by atoms with E-state index < -0.39 is 0 Å². The van der Waals surface area contributed by atoms with E-state index in [-0.39, 0.29) is 11.5 Å². The van der Waals surface area contributed by atoms with Crippen LogP contribution >= 0.6 is 0 Å². The molecule has 1 amide bonds. The maximum atomic E-state index is 12.5. The number of carbonyl (C=O) groups is 1. The highest BCUT2D eigenvalue weighted by molar-refractivity contribution is 5.93. The summed E-state index contributed by atoms with van der Waals surface area (Å²) < 4.78 is 11.9. The Labute approximate surface area is 153 Å². The minimum Gasteiger partial charge on any atom is -0.377 e. The number of hydrogen-bond donors (Lipinski definition) is 0. The molecular formula is C20H23N3O3. The zero-order valence-electron chi connectivity index (χ0n) is 14.7. The van der Waals surface area contributed by atoms with Crippen LogP contribution in [0.4, 0.5) is 0 Å². The van der Waals surface area contributed by atoms with E-state index in [4.69, 9.17) is 9.47 Å². The number of nitrogens with zero attached hydrogens (tertiary/aromatic N) is 3. The molecule has 2 aliphatic heterocycles. The largest absolute Gasteiger partial charge is 0.377 e. The van der Waals surface area contributed by atoms with Crippen molar-refractivity contribution >= 4 is 5.91 Å². The van der Waals surface area contributed by atoms with Gasteiger partial charge in [-0.25, -0.2) is 0 Å². The molecule has 2 aromatic heterocycles. The van der Waals surface area contributed by atoms with E-state index in [0.29, 0.717) is 37.9 Å². The first kappa shape index (κ1) is 17.1. The molecule has 0 aliphatic carbocycles. The molecule has 0 aromatic carbocycles. The Morgan fingerprint density at radius 3 is 2.85 bits per heavy atom. The van der Waals surface area contributed by atoms with Crippen LogP contribution in [0.2, 0.25) is 0 Å². The number of rotatable bonds is 6. The second kappa shape index (κ2) is 7.51. The van der Waals surface area contributed by atoms with E-state index in [1.807, 2.05) is 29.2 Å². The van der Waals surface area contributed by atoms with Crippen LogP contribution < -0.4 is 0 Å². The molecule has 0 N–H and O–H groups in total. The topological polar surface area (TPSA) is 64.6 Å². The summed E-state index contributed by atoms with van der Waals surface area (Å²) >= 11 is 0. The first-order chi connectivity index (χ1) is 12.8. The van der Waals surface area contributed by atoms with Crippen molar-refractivity contribution < 1.29 is 14.3 Å². The maximum absolute atomic E-state index is 12.5. The zero-order chi connectivity index (χ0) is 17.8. The smallest absolute Gasteiger partial charge is 0.272 e. The van der Waals surface area contributed by atoms with E-state index in [2.05, 4.69) is 9.97 Å². The first-order valence-corrected chi connectivity index (χ1v) is 9.08. The summed E-state index contributed by atoms with van der Waals surface area (Å²) in [5.41, 5.74) is 1.44. The molecule has 1 spiro atoms. The van der Waals surface area contributed by atoms with Gasteiger partial charge in [-0.3, -0.25) is 14.8 Å². The average molecular weight is 353 g/mol. The van der Waals surface area contributed by atoms with Gasteiger partial charge in [0.25, 0.3) is 5.91 Å². The molecule has 0 bridgehead atoms. The van der Waals surface area contributed by atoms with Crippen molar-refractivity contribution in [3.8, 4) is 0 Å². The predicted octanol–water partition coefficient (Wildman–Crippen LogP) is 2.31. The molecule has 2 saturated heterocycles. The fourth-order valence-electron chi connectivity index (χ4n) is 3.83. The molecular weight excluding hydrogens is 330 g/mol. The van der Waals surface area contributed by atoms with Gasteiger partial charge < -0.3 is 14.4 Å². The minimum atomic E-state index is -0.190. The van der Waals surface area contributed by atoms with Crippen molar-refractivity contribution in [1.29, 1.82) is 0 Å².